The lowest BCUT2D eigenvalue weighted by atomic mass is 9.71. The molecule has 0 aromatic rings. The van der Waals surface area contributed by atoms with Crippen LogP contribution in [0.3, 0.4) is 0 Å². The Morgan fingerprint density at radius 1 is 1.13 bits per heavy atom. The van der Waals surface area contributed by atoms with Crippen molar-refractivity contribution >= 4 is 0 Å². The molecule has 1 N–H and O–H groups in total. The lowest BCUT2D eigenvalue weighted by molar-refractivity contribution is -0.0896. The molecule has 0 bridgehead atoms. The molecule has 1 saturated heterocycles. The van der Waals surface area contributed by atoms with Crippen LogP contribution in [-0.4, -0.2) is 23.4 Å². The van der Waals surface area contributed by atoms with Crippen LogP contribution in [0.1, 0.15) is 25.7 Å². The fraction of sp³-hybridized carbons (Fsp3) is 0.692. The largest absolute Gasteiger partial charge is 0.393 e. The fourth-order valence-electron chi connectivity index (χ4n) is 3.48. The second-order valence-corrected chi connectivity index (χ2v) is 5.00. The van der Waals surface area contributed by atoms with Gasteiger partial charge in [-0.15, -0.1) is 0 Å². The molecule has 4 atom stereocenters. The summed E-state index contributed by atoms with van der Waals surface area (Å²) in [6, 6.07) is 0. The second kappa shape index (κ2) is 3.46. The van der Waals surface area contributed by atoms with Gasteiger partial charge in [0.15, 0.2) is 0 Å². The number of fused-ring (bicyclic) bond motifs is 3. The van der Waals surface area contributed by atoms with Crippen LogP contribution in [0.25, 0.3) is 0 Å². The van der Waals surface area contributed by atoms with Crippen LogP contribution in [0, 0.1) is 11.8 Å². The topological polar surface area (TPSA) is 29.5 Å². The van der Waals surface area contributed by atoms with Gasteiger partial charge in [0.25, 0.3) is 0 Å². The molecule has 0 aromatic heterocycles. The minimum atomic E-state index is -0.254. The molecular weight excluding hydrogens is 188 g/mol. The average molecular weight is 206 g/mol. The van der Waals surface area contributed by atoms with Gasteiger partial charge >= 0.3 is 0 Å². The van der Waals surface area contributed by atoms with E-state index in [1.165, 1.54) is 0 Å². The van der Waals surface area contributed by atoms with E-state index in [4.69, 9.17) is 4.74 Å². The summed E-state index contributed by atoms with van der Waals surface area (Å²) in [6.45, 7) is 0.176. The van der Waals surface area contributed by atoms with Crippen LogP contribution in [0.5, 0.6) is 0 Å². The highest BCUT2D eigenvalue weighted by Gasteiger charge is 2.53. The van der Waals surface area contributed by atoms with Crippen molar-refractivity contribution in [2.75, 3.05) is 6.61 Å². The van der Waals surface area contributed by atoms with Crippen LogP contribution in [0.4, 0.5) is 0 Å². The Bertz CT molecular complexity index is 308. The smallest absolute Gasteiger partial charge is 0.0984 e. The SMILES string of the molecule is OC[C@]12CC=CC[C@H]1[C@@H]1CC=CC[C@@H]1O2. The van der Waals surface area contributed by atoms with Gasteiger partial charge in [0, 0.05) is 0 Å². The van der Waals surface area contributed by atoms with Gasteiger partial charge in [0.05, 0.1) is 18.3 Å². The zero-order valence-electron chi connectivity index (χ0n) is 8.93. The summed E-state index contributed by atoms with van der Waals surface area (Å²) in [4.78, 5) is 0. The molecule has 0 amide bonds. The summed E-state index contributed by atoms with van der Waals surface area (Å²) in [5, 5.41) is 9.62. The van der Waals surface area contributed by atoms with E-state index in [-0.39, 0.29) is 12.2 Å². The highest BCUT2D eigenvalue weighted by molar-refractivity contribution is 5.14. The average Bonchev–Trinajstić information content (AvgIpc) is 2.64. The molecule has 0 saturated carbocycles. The van der Waals surface area contributed by atoms with E-state index in [9.17, 15) is 5.11 Å². The highest BCUT2D eigenvalue weighted by Crippen LogP contribution is 2.50. The van der Waals surface area contributed by atoms with Crippen molar-refractivity contribution in [1.29, 1.82) is 0 Å². The molecule has 3 rings (SSSR count). The van der Waals surface area contributed by atoms with E-state index >= 15 is 0 Å². The number of aliphatic hydroxyl groups excluding tert-OH is 1. The van der Waals surface area contributed by atoms with E-state index in [1.807, 2.05) is 0 Å². The van der Waals surface area contributed by atoms with E-state index in [1.54, 1.807) is 0 Å². The minimum absolute atomic E-state index is 0.176. The van der Waals surface area contributed by atoms with Crippen molar-refractivity contribution in [3.05, 3.63) is 24.3 Å². The first-order valence-electron chi connectivity index (χ1n) is 5.94. The molecule has 2 nitrogen and oxygen atoms in total. The molecule has 1 fully saturated rings. The van der Waals surface area contributed by atoms with E-state index in [2.05, 4.69) is 24.3 Å². The molecule has 3 aliphatic rings. The maximum absolute atomic E-state index is 9.62. The number of allylic oxidation sites excluding steroid dienone is 2. The Hall–Kier alpha value is -0.600. The van der Waals surface area contributed by atoms with Gasteiger partial charge in [0.1, 0.15) is 0 Å². The van der Waals surface area contributed by atoms with Gasteiger partial charge in [-0.05, 0) is 37.5 Å². The third-order valence-corrected chi connectivity index (χ3v) is 4.29. The Balaban J connectivity index is 1.92. The van der Waals surface area contributed by atoms with Crippen LogP contribution in [0.2, 0.25) is 0 Å². The monoisotopic (exact) mass is 206 g/mol. The summed E-state index contributed by atoms with van der Waals surface area (Å²) in [5.74, 6) is 1.16. The molecule has 1 heterocycles. The van der Waals surface area contributed by atoms with E-state index < -0.39 is 0 Å². The predicted molar refractivity (Wildman–Crippen MR) is 58.4 cm³/mol. The molecular formula is C13H18O2. The van der Waals surface area contributed by atoms with Gasteiger partial charge < -0.3 is 9.84 Å². The number of aliphatic hydroxyl groups is 1. The first-order chi connectivity index (χ1) is 7.36. The van der Waals surface area contributed by atoms with Gasteiger partial charge in [-0.3, -0.25) is 0 Å². The molecule has 0 aromatic carbocycles. The van der Waals surface area contributed by atoms with Crippen LogP contribution in [0.15, 0.2) is 24.3 Å². The molecule has 2 aliphatic carbocycles. The first kappa shape index (κ1) is 9.61. The number of hydrogen-bond acceptors (Lipinski definition) is 2. The Kier molecular flexibility index (Phi) is 2.22. The molecule has 0 unspecified atom stereocenters. The van der Waals surface area contributed by atoms with Gasteiger partial charge in [-0.25, -0.2) is 0 Å². The van der Waals surface area contributed by atoms with Crippen molar-refractivity contribution in [3.63, 3.8) is 0 Å². The summed E-state index contributed by atoms with van der Waals surface area (Å²) < 4.78 is 6.15. The van der Waals surface area contributed by atoms with Crippen LogP contribution in [-0.2, 0) is 4.74 Å². The zero-order valence-corrected chi connectivity index (χ0v) is 8.93. The Morgan fingerprint density at radius 2 is 1.93 bits per heavy atom. The van der Waals surface area contributed by atoms with E-state index in [0.29, 0.717) is 17.9 Å². The standard InChI is InChI=1S/C13H18O2/c14-9-13-8-4-3-6-11(13)10-5-1-2-7-12(10)15-13/h1-4,10-12,14H,5-9H2/t10-,11-,12-,13+/m0/s1. The predicted octanol–water partition coefficient (Wildman–Crippen LogP) is 2.05. The lowest BCUT2D eigenvalue weighted by Crippen LogP contribution is -2.41. The lowest BCUT2D eigenvalue weighted by Gasteiger charge is -2.35. The maximum atomic E-state index is 9.62. The van der Waals surface area contributed by atoms with Crippen molar-refractivity contribution in [2.24, 2.45) is 11.8 Å². The Morgan fingerprint density at radius 3 is 2.80 bits per heavy atom. The van der Waals surface area contributed by atoms with Crippen molar-refractivity contribution in [2.45, 2.75) is 37.4 Å². The zero-order chi connectivity index (χ0) is 10.3. The summed E-state index contributed by atoms with van der Waals surface area (Å²) in [6.07, 6.45) is 13.4. The molecule has 1 aliphatic heterocycles. The fourth-order valence-corrected chi connectivity index (χ4v) is 3.48. The number of ether oxygens (including phenoxy) is 1. The second-order valence-electron chi connectivity index (χ2n) is 5.00. The number of hydrogen-bond donors (Lipinski definition) is 1. The third-order valence-electron chi connectivity index (χ3n) is 4.29. The van der Waals surface area contributed by atoms with Gasteiger partial charge in [0.2, 0.25) is 0 Å². The molecule has 2 heteroatoms. The minimum Gasteiger partial charge on any atom is -0.393 e. The van der Waals surface area contributed by atoms with Crippen molar-refractivity contribution in [1.82, 2.24) is 0 Å². The van der Waals surface area contributed by atoms with Gasteiger partial charge in [-0.1, -0.05) is 24.3 Å². The third kappa shape index (κ3) is 1.31. The van der Waals surface area contributed by atoms with Crippen molar-refractivity contribution < 1.29 is 9.84 Å². The molecule has 82 valence electrons. The molecule has 0 spiro atoms. The van der Waals surface area contributed by atoms with Crippen LogP contribution >= 0.6 is 0 Å². The van der Waals surface area contributed by atoms with Gasteiger partial charge in [-0.2, -0.15) is 0 Å². The maximum Gasteiger partial charge on any atom is 0.0984 e. The molecule has 0 radical (unpaired) electrons. The number of rotatable bonds is 1. The normalized spacial score (nSPS) is 47.7. The first-order valence-corrected chi connectivity index (χ1v) is 5.94. The Labute approximate surface area is 90.6 Å². The highest BCUT2D eigenvalue weighted by atomic mass is 16.5. The molecule has 15 heavy (non-hydrogen) atoms. The van der Waals surface area contributed by atoms with Crippen molar-refractivity contribution in [3.8, 4) is 0 Å². The summed E-state index contributed by atoms with van der Waals surface area (Å²) in [7, 11) is 0. The summed E-state index contributed by atoms with van der Waals surface area (Å²) in [5.41, 5.74) is -0.254. The summed E-state index contributed by atoms with van der Waals surface area (Å²) >= 11 is 0. The van der Waals surface area contributed by atoms with Crippen LogP contribution < -0.4 is 0 Å². The quantitative estimate of drug-likeness (QED) is 0.665. The van der Waals surface area contributed by atoms with E-state index in [0.717, 1.165) is 25.7 Å².